The van der Waals surface area contributed by atoms with Crippen molar-refractivity contribution in [1.29, 1.82) is 0 Å². The van der Waals surface area contributed by atoms with E-state index in [0.29, 0.717) is 11.9 Å². The lowest BCUT2D eigenvalue weighted by Crippen LogP contribution is -2.43. The van der Waals surface area contributed by atoms with Gasteiger partial charge in [0.05, 0.1) is 0 Å². The molecular formula is C11H20N2O. The van der Waals surface area contributed by atoms with Crippen LogP contribution in [0, 0.1) is 5.92 Å². The van der Waals surface area contributed by atoms with Crippen molar-refractivity contribution in [3.63, 3.8) is 0 Å². The minimum atomic E-state index is 0.218. The summed E-state index contributed by atoms with van der Waals surface area (Å²) in [4.78, 5) is 14.0. The Labute approximate surface area is 85.6 Å². The van der Waals surface area contributed by atoms with Crippen molar-refractivity contribution in [3.8, 4) is 0 Å². The maximum atomic E-state index is 12.0. The van der Waals surface area contributed by atoms with Crippen LogP contribution in [0.4, 0.5) is 0 Å². The molecule has 0 heterocycles. The summed E-state index contributed by atoms with van der Waals surface area (Å²) >= 11 is 0. The van der Waals surface area contributed by atoms with Gasteiger partial charge in [0, 0.05) is 25.0 Å². The second kappa shape index (κ2) is 3.89. The third-order valence-corrected chi connectivity index (χ3v) is 3.79. The van der Waals surface area contributed by atoms with E-state index < -0.39 is 0 Å². The first-order chi connectivity index (χ1) is 6.68. The van der Waals surface area contributed by atoms with Gasteiger partial charge in [-0.3, -0.25) is 4.79 Å². The highest BCUT2D eigenvalue weighted by Crippen LogP contribution is 2.30. The van der Waals surface area contributed by atoms with E-state index in [1.54, 1.807) is 0 Å². The fraction of sp³-hybridized carbons (Fsp3) is 0.909. The minimum Gasteiger partial charge on any atom is -0.343 e. The molecule has 2 aliphatic rings. The molecule has 0 aromatic carbocycles. The van der Waals surface area contributed by atoms with Crippen LogP contribution in [0.3, 0.4) is 0 Å². The van der Waals surface area contributed by atoms with E-state index in [4.69, 9.17) is 5.73 Å². The third kappa shape index (κ3) is 1.78. The molecule has 2 aliphatic carbocycles. The summed E-state index contributed by atoms with van der Waals surface area (Å²) in [5.41, 5.74) is 5.81. The van der Waals surface area contributed by atoms with Crippen molar-refractivity contribution in [3.05, 3.63) is 0 Å². The normalized spacial score (nSPS) is 32.7. The molecule has 0 aromatic rings. The van der Waals surface area contributed by atoms with Crippen molar-refractivity contribution >= 4 is 5.91 Å². The van der Waals surface area contributed by atoms with E-state index in [9.17, 15) is 4.79 Å². The van der Waals surface area contributed by atoms with Gasteiger partial charge in [-0.15, -0.1) is 0 Å². The van der Waals surface area contributed by atoms with Gasteiger partial charge in [-0.05, 0) is 38.5 Å². The van der Waals surface area contributed by atoms with E-state index in [-0.39, 0.29) is 12.0 Å². The Balaban J connectivity index is 1.87. The Morgan fingerprint density at radius 1 is 1.29 bits per heavy atom. The Bertz CT molecular complexity index is 221. The highest BCUT2D eigenvalue weighted by atomic mass is 16.2. The molecule has 0 saturated heterocycles. The van der Waals surface area contributed by atoms with Crippen molar-refractivity contribution in [2.45, 2.75) is 50.6 Å². The number of nitrogens with two attached hydrogens (primary N) is 1. The standard InChI is InChI=1S/C11H20N2O/c1-13(10-3-2-4-10)11(14)8-5-6-9(12)7-8/h8-10H,2-7,12H2,1H3. The smallest absolute Gasteiger partial charge is 0.225 e. The fourth-order valence-corrected chi connectivity index (χ4v) is 2.48. The van der Waals surface area contributed by atoms with Gasteiger partial charge in [0.25, 0.3) is 0 Å². The molecule has 14 heavy (non-hydrogen) atoms. The molecule has 2 atom stereocenters. The largest absolute Gasteiger partial charge is 0.343 e. The summed E-state index contributed by atoms with van der Waals surface area (Å²) in [6, 6.07) is 0.790. The molecule has 0 aromatic heterocycles. The molecule has 3 nitrogen and oxygen atoms in total. The number of amides is 1. The molecule has 0 radical (unpaired) electrons. The average Bonchev–Trinajstić information content (AvgIpc) is 2.47. The number of carbonyl (C=O) groups is 1. The van der Waals surface area contributed by atoms with Crippen LogP contribution >= 0.6 is 0 Å². The molecular weight excluding hydrogens is 176 g/mol. The predicted octanol–water partition coefficient (Wildman–Crippen LogP) is 1.12. The molecule has 80 valence electrons. The van der Waals surface area contributed by atoms with Gasteiger partial charge in [0.1, 0.15) is 0 Å². The number of hydrogen-bond donors (Lipinski definition) is 1. The number of rotatable bonds is 2. The van der Waals surface area contributed by atoms with Crippen molar-refractivity contribution in [2.75, 3.05) is 7.05 Å². The molecule has 0 aliphatic heterocycles. The van der Waals surface area contributed by atoms with Crippen LogP contribution in [0.25, 0.3) is 0 Å². The Morgan fingerprint density at radius 3 is 2.43 bits per heavy atom. The fourth-order valence-electron chi connectivity index (χ4n) is 2.48. The van der Waals surface area contributed by atoms with E-state index >= 15 is 0 Å². The lowest BCUT2D eigenvalue weighted by atomic mass is 9.90. The average molecular weight is 196 g/mol. The quantitative estimate of drug-likeness (QED) is 0.719. The summed E-state index contributed by atoms with van der Waals surface area (Å²) in [7, 11) is 1.95. The topological polar surface area (TPSA) is 46.3 Å². The maximum Gasteiger partial charge on any atom is 0.225 e. The summed E-state index contributed by atoms with van der Waals surface area (Å²) < 4.78 is 0. The first kappa shape index (κ1) is 9.97. The van der Waals surface area contributed by atoms with Crippen LogP contribution in [0.5, 0.6) is 0 Å². The Hall–Kier alpha value is -0.570. The van der Waals surface area contributed by atoms with E-state index in [2.05, 4.69) is 0 Å². The van der Waals surface area contributed by atoms with E-state index in [1.807, 2.05) is 11.9 Å². The van der Waals surface area contributed by atoms with Gasteiger partial charge in [0.2, 0.25) is 5.91 Å². The molecule has 0 bridgehead atoms. The first-order valence-corrected chi connectivity index (χ1v) is 5.70. The Morgan fingerprint density at radius 2 is 2.00 bits per heavy atom. The van der Waals surface area contributed by atoms with Crippen LogP contribution < -0.4 is 5.73 Å². The number of nitrogens with zero attached hydrogens (tertiary/aromatic N) is 1. The molecule has 2 saturated carbocycles. The minimum absolute atomic E-state index is 0.218. The zero-order chi connectivity index (χ0) is 10.1. The van der Waals surface area contributed by atoms with Crippen molar-refractivity contribution in [1.82, 2.24) is 4.90 Å². The number of hydrogen-bond acceptors (Lipinski definition) is 2. The molecule has 2 unspecified atom stereocenters. The van der Waals surface area contributed by atoms with E-state index in [1.165, 1.54) is 19.3 Å². The first-order valence-electron chi connectivity index (χ1n) is 5.70. The van der Waals surface area contributed by atoms with Crippen LogP contribution in [0.15, 0.2) is 0 Å². The SMILES string of the molecule is CN(C(=O)C1CCC(N)C1)C1CCC1. The Kier molecular flexibility index (Phi) is 2.77. The molecule has 0 spiro atoms. The van der Waals surface area contributed by atoms with Gasteiger partial charge < -0.3 is 10.6 Å². The number of carbonyl (C=O) groups excluding carboxylic acids is 1. The van der Waals surface area contributed by atoms with Crippen LogP contribution in [-0.4, -0.2) is 29.9 Å². The van der Waals surface area contributed by atoms with Gasteiger partial charge >= 0.3 is 0 Å². The summed E-state index contributed by atoms with van der Waals surface area (Å²) in [6.07, 6.45) is 6.59. The zero-order valence-corrected chi connectivity index (χ0v) is 8.91. The van der Waals surface area contributed by atoms with E-state index in [0.717, 1.165) is 19.3 Å². The molecule has 2 rings (SSSR count). The van der Waals surface area contributed by atoms with Gasteiger partial charge in [0.15, 0.2) is 0 Å². The van der Waals surface area contributed by atoms with Crippen molar-refractivity contribution in [2.24, 2.45) is 11.7 Å². The maximum absolute atomic E-state index is 12.0. The molecule has 3 heteroatoms. The van der Waals surface area contributed by atoms with Crippen LogP contribution in [0.1, 0.15) is 38.5 Å². The predicted molar refractivity (Wildman–Crippen MR) is 55.7 cm³/mol. The highest BCUT2D eigenvalue weighted by Gasteiger charge is 2.33. The molecule has 2 fully saturated rings. The lowest BCUT2D eigenvalue weighted by Gasteiger charge is -2.36. The van der Waals surface area contributed by atoms with Gasteiger partial charge in [-0.2, -0.15) is 0 Å². The molecule has 2 N–H and O–H groups in total. The third-order valence-electron chi connectivity index (χ3n) is 3.79. The molecule has 1 amide bonds. The van der Waals surface area contributed by atoms with Gasteiger partial charge in [-0.25, -0.2) is 0 Å². The summed E-state index contributed by atoms with van der Waals surface area (Å²) in [5, 5.41) is 0. The monoisotopic (exact) mass is 196 g/mol. The highest BCUT2D eigenvalue weighted by molar-refractivity contribution is 5.79. The van der Waals surface area contributed by atoms with Crippen LogP contribution in [-0.2, 0) is 4.79 Å². The lowest BCUT2D eigenvalue weighted by molar-refractivity contribution is -0.137. The zero-order valence-electron chi connectivity index (χ0n) is 8.91. The van der Waals surface area contributed by atoms with Crippen molar-refractivity contribution < 1.29 is 4.79 Å². The second-order valence-electron chi connectivity index (χ2n) is 4.80. The van der Waals surface area contributed by atoms with Crippen LogP contribution in [0.2, 0.25) is 0 Å². The summed E-state index contributed by atoms with van der Waals surface area (Å²) in [5.74, 6) is 0.554. The van der Waals surface area contributed by atoms with Gasteiger partial charge in [-0.1, -0.05) is 0 Å². The second-order valence-corrected chi connectivity index (χ2v) is 4.80. The summed E-state index contributed by atoms with van der Waals surface area (Å²) in [6.45, 7) is 0.